The molecule has 1 aromatic carbocycles. The summed E-state index contributed by atoms with van der Waals surface area (Å²) in [6.07, 6.45) is 1.72. The molecule has 0 atom stereocenters. The van der Waals surface area contributed by atoms with Gasteiger partial charge in [-0.25, -0.2) is 4.98 Å². The zero-order valence-electron chi connectivity index (χ0n) is 11.2. The topological polar surface area (TPSA) is 74.1 Å². The maximum Gasteiger partial charge on any atom is 0.433 e. The van der Waals surface area contributed by atoms with Gasteiger partial charge < -0.3 is 8.98 Å². The van der Waals surface area contributed by atoms with E-state index in [-0.39, 0.29) is 5.88 Å². The largest absolute Gasteiger partial charge is 0.433 e. The second-order valence-electron chi connectivity index (χ2n) is 4.79. The van der Waals surface area contributed by atoms with E-state index in [1.165, 1.54) is 17.2 Å². The van der Waals surface area contributed by atoms with Gasteiger partial charge in [-0.15, -0.1) is 0 Å². The van der Waals surface area contributed by atoms with Crippen LogP contribution >= 0.6 is 0 Å². The number of hydrogen-bond acceptors (Lipinski definition) is 4. The Morgan fingerprint density at radius 3 is 2.75 bits per heavy atom. The number of furan rings is 1. The lowest BCUT2D eigenvalue weighted by atomic mass is 10.1. The van der Waals surface area contributed by atoms with Crippen LogP contribution in [0.1, 0.15) is 16.9 Å². The number of nitro groups is 1. The minimum Gasteiger partial charge on any atom is -0.404 e. The van der Waals surface area contributed by atoms with Crippen LogP contribution in [0.2, 0.25) is 0 Å². The molecule has 0 N–H and O–H groups in total. The van der Waals surface area contributed by atoms with Crippen LogP contribution in [0.3, 0.4) is 0 Å². The van der Waals surface area contributed by atoms with Gasteiger partial charge in [-0.2, -0.15) is 0 Å². The van der Waals surface area contributed by atoms with E-state index in [9.17, 15) is 10.1 Å². The summed E-state index contributed by atoms with van der Waals surface area (Å²) < 4.78 is 7.09. The monoisotopic (exact) mass is 271 g/mol. The summed E-state index contributed by atoms with van der Waals surface area (Å²) in [6, 6.07) is 7.08. The average molecular weight is 271 g/mol. The minimum absolute atomic E-state index is 0.239. The Labute approximate surface area is 114 Å². The molecule has 0 saturated carbocycles. The smallest absolute Gasteiger partial charge is 0.404 e. The summed E-state index contributed by atoms with van der Waals surface area (Å²) in [5.74, 6) is 0.297. The molecule has 0 amide bonds. The number of aromatic nitrogens is 2. The van der Waals surface area contributed by atoms with Gasteiger partial charge in [0.2, 0.25) is 0 Å². The van der Waals surface area contributed by atoms with Crippen molar-refractivity contribution in [2.45, 2.75) is 20.4 Å². The van der Waals surface area contributed by atoms with Gasteiger partial charge in [-0.05, 0) is 43.2 Å². The molecule has 0 radical (unpaired) electrons. The molecule has 6 heteroatoms. The summed E-state index contributed by atoms with van der Waals surface area (Å²) >= 11 is 0. The number of hydrogen-bond donors (Lipinski definition) is 0. The van der Waals surface area contributed by atoms with Crippen LogP contribution in [0.4, 0.5) is 5.88 Å². The van der Waals surface area contributed by atoms with Crippen LogP contribution < -0.4 is 0 Å². The van der Waals surface area contributed by atoms with Crippen molar-refractivity contribution in [3.8, 4) is 0 Å². The first-order valence-corrected chi connectivity index (χ1v) is 6.20. The Morgan fingerprint density at radius 1 is 1.30 bits per heavy atom. The first kappa shape index (κ1) is 12.4. The first-order chi connectivity index (χ1) is 9.54. The number of aryl methyl sites for hydroxylation is 2. The standard InChI is InChI=1S/C14H13N3O3/c1-9-5-12-13(6-10(9)2)16(8-15-12)7-11-3-4-14(20-11)17(18)19/h3-6,8H,7H2,1-2H3. The zero-order chi connectivity index (χ0) is 14.3. The highest BCUT2D eigenvalue weighted by molar-refractivity contribution is 5.77. The maximum atomic E-state index is 10.6. The molecule has 0 aliphatic carbocycles. The van der Waals surface area contributed by atoms with Crippen LogP contribution in [-0.2, 0) is 6.54 Å². The van der Waals surface area contributed by atoms with Gasteiger partial charge in [0, 0.05) is 0 Å². The molecule has 0 aliphatic heterocycles. The fourth-order valence-electron chi connectivity index (χ4n) is 2.16. The average Bonchev–Trinajstić information content (AvgIpc) is 3.00. The number of imidazole rings is 1. The van der Waals surface area contributed by atoms with E-state index in [0.29, 0.717) is 12.3 Å². The molecular formula is C14H13N3O3. The first-order valence-electron chi connectivity index (χ1n) is 6.20. The van der Waals surface area contributed by atoms with E-state index in [1.54, 1.807) is 12.4 Å². The van der Waals surface area contributed by atoms with Crippen molar-refractivity contribution in [2.75, 3.05) is 0 Å². The van der Waals surface area contributed by atoms with Crippen molar-refractivity contribution in [2.24, 2.45) is 0 Å². The third kappa shape index (κ3) is 2.05. The van der Waals surface area contributed by atoms with Crippen molar-refractivity contribution in [1.82, 2.24) is 9.55 Å². The highest BCUT2D eigenvalue weighted by Crippen LogP contribution is 2.21. The van der Waals surface area contributed by atoms with Gasteiger partial charge >= 0.3 is 5.88 Å². The molecule has 6 nitrogen and oxygen atoms in total. The quantitative estimate of drug-likeness (QED) is 0.541. The molecular weight excluding hydrogens is 258 g/mol. The van der Waals surface area contributed by atoms with Crippen molar-refractivity contribution in [3.63, 3.8) is 0 Å². The van der Waals surface area contributed by atoms with Crippen LogP contribution in [0, 0.1) is 24.0 Å². The number of rotatable bonds is 3. The predicted octanol–water partition coefficient (Wildman–Crippen LogP) is 3.20. The Kier molecular flexibility index (Phi) is 2.78. The van der Waals surface area contributed by atoms with Gasteiger partial charge in [-0.1, -0.05) is 0 Å². The van der Waals surface area contributed by atoms with E-state index < -0.39 is 4.92 Å². The van der Waals surface area contributed by atoms with E-state index >= 15 is 0 Å². The van der Waals surface area contributed by atoms with Crippen molar-refractivity contribution in [3.05, 3.63) is 57.6 Å². The second-order valence-corrected chi connectivity index (χ2v) is 4.79. The van der Waals surface area contributed by atoms with Crippen molar-refractivity contribution >= 4 is 16.9 Å². The fraction of sp³-hybridized carbons (Fsp3) is 0.214. The molecule has 0 bridgehead atoms. The highest BCUT2D eigenvalue weighted by atomic mass is 16.6. The van der Waals surface area contributed by atoms with Gasteiger partial charge in [0.15, 0.2) is 0 Å². The lowest BCUT2D eigenvalue weighted by Crippen LogP contribution is -1.97. The summed E-state index contributed by atoms with van der Waals surface area (Å²) in [7, 11) is 0. The molecule has 0 spiro atoms. The Morgan fingerprint density at radius 2 is 2.05 bits per heavy atom. The second kappa shape index (κ2) is 4.48. The third-order valence-electron chi connectivity index (χ3n) is 3.39. The third-order valence-corrected chi connectivity index (χ3v) is 3.39. The molecule has 3 rings (SSSR count). The summed E-state index contributed by atoms with van der Waals surface area (Å²) in [5, 5.41) is 10.6. The van der Waals surface area contributed by atoms with Crippen molar-refractivity contribution < 1.29 is 9.34 Å². The summed E-state index contributed by atoms with van der Waals surface area (Å²) in [4.78, 5) is 14.4. The zero-order valence-corrected chi connectivity index (χ0v) is 11.2. The van der Waals surface area contributed by atoms with Crippen LogP contribution in [0.5, 0.6) is 0 Å². The molecule has 0 fully saturated rings. The number of benzene rings is 1. The van der Waals surface area contributed by atoms with E-state index in [4.69, 9.17) is 4.42 Å². The molecule has 0 aliphatic rings. The fourth-order valence-corrected chi connectivity index (χ4v) is 2.16. The minimum atomic E-state index is -0.539. The van der Waals surface area contributed by atoms with Gasteiger partial charge in [-0.3, -0.25) is 10.1 Å². The van der Waals surface area contributed by atoms with E-state index in [0.717, 1.165) is 11.0 Å². The Hall–Kier alpha value is -2.63. The summed E-state index contributed by atoms with van der Waals surface area (Å²) in [5.41, 5.74) is 4.28. The Balaban J connectivity index is 1.98. The van der Waals surface area contributed by atoms with Gasteiger partial charge in [0.1, 0.15) is 10.7 Å². The van der Waals surface area contributed by atoms with Crippen LogP contribution in [0.25, 0.3) is 11.0 Å². The highest BCUT2D eigenvalue weighted by Gasteiger charge is 2.13. The maximum absolute atomic E-state index is 10.6. The van der Waals surface area contributed by atoms with Gasteiger partial charge in [0.25, 0.3) is 0 Å². The molecule has 0 saturated heterocycles. The molecule has 3 aromatic rings. The summed E-state index contributed by atoms with van der Waals surface area (Å²) in [6.45, 7) is 4.51. The van der Waals surface area contributed by atoms with Gasteiger partial charge in [0.05, 0.1) is 30.0 Å². The lowest BCUT2D eigenvalue weighted by molar-refractivity contribution is -0.402. The molecule has 20 heavy (non-hydrogen) atoms. The Bertz CT molecular complexity index is 801. The van der Waals surface area contributed by atoms with Crippen LogP contribution in [0.15, 0.2) is 35.0 Å². The van der Waals surface area contributed by atoms with Crippen molar-refractivity contribution in [1.29, 1.82) is 0 Å². The van der Waals surface area contributed by atoms with Crippen LogP contribution in [-0.4, -0.2) is 14.5 Å². The van der Waals surface area contributed by atoms with E-state index in [1.807, 2.05) is 24.5 Å². The predicted molar refractivity (Wildman–Crippen MR) is 73.7 cm³/mol. The number of nitrogens with zero attached hydrogens (tertiary/aromatic N) is 3. The van der Waals surface area contributed by atoms with E-state index in [2.05, 4.69) is 11.1 Å². The normalized spacial score (nSPS) is 11.1. The molecule has 2 aromatic heterocycles. The molecule has 102 valence electrons. The lowest BCUT2D eigenvalue weighted by Gasteiger charge is -2.04. The molecule has 2 heterocycles. The molecule has 0 unspecified atom stereocenters. The SMILES string of the molecule is Cc1cc2ncn(Cc3ccc([N+](=O)[O-])o3)c2cc1C. The number of fused-ring (bicyclic) bond motifs is 1.